The molecule has 0 N–H and O–H groups in total. The minimum Gasteiger partial charge on any atom is -0.179 e. The van der Waals surface area contributed by atoms with E-state index in [0.717, 1.165) is 37.9 Å². The van der Waals surface area contributed by atoms with Gasteiger partial charge in [0, 0.05) is 0 Å². The summed E-state index contributed by atoms with van der Waals surface area (Å²) in [4.78, 5) is 0. The van der Waals surface area contributed by atoms with Gasteiger partial charge in [-0.2, -0.15) is 12.6 Å². The number of hydrogen-bond acceptors (Lipinski definition) is 1. The van der Waals surface area contributed by atoms with Gasteiger partial charge in [0.15, 0.2) is 0 Å². The average Bonchev–Trinajstić information content (AvgIpc) is 2.80. The van der Waals surface area contributed by atoms with Crippen molar-refractivity contribution in [2.24, 2.45) is 5.92 Å². The Bertz CT molecular complexity index is 809. The molecule has 0 radical (unpaired) electrons. The molecule has 1 aliphatic rings. The molecule has 2 aromatic rings. The maximum Gasteiger partial charge on any atom is -0.00631 e. The fourth-order valence-electron chi connectivity index (χ4n) is 3.43. The Balaban J connectivity index is 0.000000604. The summed E-state index contributed by atoms with van der Waals surface area (Å²) in [6.45, 7) is 13.0. The zero-order valence-corrected chi connectivity index (χ0v) is 20.6. The third-order valence-electron chi connectivity index (χ3n) is 5.05. The van der Waals surface area contributed by atoms with E-state index in [0.29, 0.717) is 5.92 Å². The van der Waals surface area contributed by atoms with Crippen LogP contribution < -0.4 is 0 Å². The van der Waals surface area contributed by atoms with Gasteiger partial charge in [0.2, 0.25) is 0 Å². The number of benzene rings is 2. The van der Waals surface area contributed by atoms with Gasteiger partial charge in [-0.3, -0.25) is 0 Å². The molecule has 1 atom stereocenters. The summed E-state index contributed by atoms with van der Waals surface area (Å²) in [7, 11) is 0. The van der Waals surface area contributed by atoms with E-state index in [1.807, 2.05) is 13.0 Å². The van der Waals surface area contributed by atoms with Crippen molar-refractivity contribution >= 4 is 18.2 Å². The molecule has 0 saturated carbocycles. The summed E-state index contributed by atoms with van der Waals surface area (Å²) < 4.78 is 0. The molecule has 0 bridgehead atoms. The normalized spacial score (nSPS) is 13.3. The third kappa shape index (κ3) is 11.1. The highest BCUT2D eigenvalue weighted by atomic mass is 32.1. The van der Waals surface area contributed by atoms with Crippen LogP contribution in [0.3, 0.4) is 0 Å². The van der Waals surface area contributed by atoms with Gasteiger partial charge in [0.05, 0.1) is 0 Å². The molecule has 0 heterocycles. The molecule has 0 saturated heterocycles. The molecule has 3 rings (SSSR count). The number of hydrogen-bond donors (Lipinski definition) is 1. The van der Waals surface area contributed by atoms with E-state index in [1.165, 1.54) is 27.8 Å². The molecule has 0 amide bonds. The molecule has 0 fully saturated rings. The van der Waals surface area contributed by atoms with Crippen molar-refractivity contribution < 1.29 is 0 Å². The minimum atomic E-state index is 0.584. The van der Waals surface area contributed by atoms with Crippen molar-refractivity contribution in [3.8, 4) is 0 Å². The smallest absolute Gasteiger partial charge is 0.00631 e. The van der Waals surface area contributed by atoms with Crippen LogP contribution in [-0.2, 0) is 12.8 Å². The predicted molar refractivity (Wildman–Crippen MR) is 145 cm³/mol. The molecule has 1 heteroatoms. The lowest BCUT2D eigenvalue weighted by Crippen LogP contribution is -2.10. The molecule has 1 unspecified atom stereocenters. The minimum absolute atomic E-state index is 0.584. The fraction of sp³-hybridized carbons (Fsp3) is 0.333. The van der Waals surface area contributed by atoms with Crippen LogP contribution in [0.25, 0.3) is 5.57 Å². The molecule has 1 aliphatic carbocycles. The summed E-state index contributed by atoms with van der Waals surface area (Å²) >= 11 is 4.57. The third-order valence-corrected chi connectivity index (χ3v) is 5.56. The van der Waals surface area contributed by atoms with Crippen LogP contribution in [0, 0.1) is 5.92 Å². The zero-order valence-electron chi connectivity index (χ0n) is 19.7. The topological polar surface area (TPSA) is 0 Å². The second kappa shape index (κ2) is 16.4. The molecule has 31 heavy (non-hydrogen) atoms. The van der Waals surface area contributed by atoms with Gasteiger partial charge in [-0.05, 0) is 79.9 Å². The van der Waals surface area contributed by atoms with Gasteiger partial charge in [-0.15, -0.1) is 13.2 Å². The maximum atomic E-state index is 4.57. The van der Waals surface area contributed by atoms with Gasteiger partial charge in [-0.1, -0.05) is 91.4 Å². The van der Waals surface area contributed by atoms with E-state index in [1.54, 1.807) is 6.08 Å². The Morgan fingerprint density at radius 2 is 1.52 bits per heavy atom. The highest BCUT2D eigenvalue weighted by Crippen LogP contribution is 2.27. The van der Waals surface area contributed by atoms with Crippen LogP contribution in [0.15, 0.2) is 97.6 Å². The summed E-state index contributed by atoms with van der Waals surface area (Å²) in [5, 5.41) is 0. The highest BCUT2D eigenvalue weighted by molar-refractivity contribution is 7.80. The van der Waals surface area contributed by atoms with Crippen molar-refractivity contribution in [2.75, 3.05) is 5.75 Å². The Kier molecular flexibility index (Phi) is 14.2. The number of thiol groups is 1. The van der Waals surface area contributed by atoms with Crippen molar-refractivity contribution in [1.29, 1.82) is 0 Å². The van der Waals surface area contributed by atoms with E-state index in [4.69, 9.17) is 0 Å². The molecule has 2 aromatic carbocycles. The Morgan fingerprint density at radius 3 is 2.00 bits per heavy atom. The number of allylic oxidation sites excluding steroid dienone is 6. The second-order valence-corrected chi connectivity index (χ2v) is 8.27. The quantitative estimate of drug-likeness (QED) is 0.327. The van der Waals surface area contributed by atoms with E-state index >= 15 is 0 Å². The van der Waals surface area contributed by atoms with Gasteiger partial charge < -0.3 is 0 Å². The molecule has 0 aliphatic heterocycles. The Labute approximate surface area is 196 Å². The lowest BCUT2D eigenvalue weighted by molar-refractivity contribution is 0.589. The van der Waals surface area contributed by atoms with Crippen LogP contribution in [0.5, 0.6) is 0 Å². The Morgan fingerprint density at radius 1 is 0.968 bits per heavy atom. The van der Waals surface area contributed by atoms with Crippen LogP contribution in [0.4, 0.5) is 0 Å². The van der Waals surface area contributed by atoms with E-state index in [2.05, 4.69) is 106 Å². The average molecular weight is 433 g/mol. The van der Waals surface area contributed by atoms with Crippen molar-refractivity contribution in [3.63, 3.8) is 0 Å². The highest BCUT2D eigenvalue weighted by Gasteiger charge is 2.10. The molecule has 0 aromatic heterocycles. The molecular weight excluding hydrogens is 392 g/mol. The van der Waals surface area contributed by atoms with Crippen LogP contribution in [0.2, 0.25) is 0 Å². The summed E-state index contributed by atoms with van der Waals surface area (Å²) in [6.07, 6.45) is 13.9. The zero-order chi connectivity index (χ0) is 22.9. The van der Waals surface area contributed by atoms with E-state index in [9.17, 15) is 0 Å². The predicted octanol–water partition coefficient (Wildman–Crippen LogP) is 8.92. The monoisotopic (exact) mass is 432 g/mol. The first-order valence-electron chi connectivity index (χ1n) is 11.4. The molecule has 0 nitrogen and oxygen atoms in total. The largest absolute Gasteiger partial charge is 0.179 e. The lowest BCUT2D eigenvalue weighted by atomic mass is 9.91. The first kappa shape index (κ1) is 26.8. The SMILES string of the molecule is C=CC.C=CCC.CC1=CCCC(c2ccc(CC(CS)Cc3ccccc3)cc2)=C1. The lowest BCUT2D eigenvalue weighted by Gasteiger charge is -2.16. The van der Waals surface area contributed by atoms with Gasteiger partial charge in [0.25, 0.3) is 0 Å². The standard InChI is InChI=1S/C23H26S.C4H8.C3H6/c1-18-6-5-9-23(14-18)22-12-10-20(11-13-22)16-21(17-24)15-19-7-3-2-4-8-19;1-3-4-2;1-3-2/h2-4,6-8,10-14,21,24H,5,9,15-17H2,1H3;3H,1,4H2,2H3;3H,1H2,2H3. The van der Waals surface area contributed by atoms with Crippen molar-refractivity contribution in [2.45, 2.75) is 52.9 Å². The van der Waals surface area contributed by atoms with Crippen LogP contribution >= 0.6 is 12.6 Å². The first-order valence-corrected chi connectivity index (χ1v) is 12.0. The fourth-order valence-corrected chi connectivity index (χ4v) is 3.68. The number of rotatable bonds is 7. The molecular formula is C30H40S. The summed E-state index contributed by atoms with van der Waals surface area (Å²) in [5.74, 6) is 1.51. The van der Waals surface area contributed by atoms with Crippen LogP contribution in [0.1, 0.15) is 56.7 Å². The Hall–Kier alpha value is -2.25. The van der Waals surface area contributed by atoms with E-state index < -0.39 is 0 Å². The molecule has 0 spiro atoms. The van der Waals surface area contributed by atoms with Crippen molar-refractivity contribution in [3.05, 3.63) is 114 Å². The van der Waals surface area contributed by atoms with E-state index in [-0.39, 0.29) is 0 Å². The summed E-state index contributed by atoms with van der Waals surface area (Å²) in [5.41, 5.74) is 7.05. The van der Waals surface area contributed by atoms with Gasteiger partial charge in [0.1, 0.15) is 0 Å². The summed E-state index contributed by atoms with van der Waals surface area (Å²) in [6, 6.07) is 19.9. The maximum absolute atomic E-state index is 4.57. The van der Waals surface area contributed by atoms with Gasteiger partial charge in [-0.25, -0.2) is 0 Å². The van der Waals surface area contributed by atoms with Crippen molar-refractivity contribution in [1.82, 2.24) is 0 Å². The first-order chi connectivity index (χ1) is 15.1. The van der Waals surface area contributed by atoms with Crippen LogP contribution in [-0.4, -0.2) is 5.75 Å². The molecule has 166 valence electrons. The van der Waals surface area contributed by atoms with Gasteiger partial charge >= 0.3 is 0 Å². The second-order valence-electron chi connectivity index (χ2n) is 7.90.